The molecule has 162 valence electrons. The Morgan fingerprint density at radius 1 is 1.47 bits per heavy atom. The number of rotatable bonds is 7. The van der Waals surface area contributed by atoms with Gasteiger partial charge in [0.25, 0.3) is 0 Å². The van der Waals surface area contributed by atoms with Crippen LogP contribution >= 0.6 is 34.9 Å². The standard InChI is InChI=1S/C19H24N4O4S3/c1-8-11(14(18(26)27)23-13(8)12(9(2)24)15(23)25)10-7-22-17(30-10)16(29-6-5-20)21(3)19(22)28-4/h7-9,12-13,24H,5-6,20H2,1-4H3/p+1/t8-,9+,12+,13-/m0/s1. The third-order valence-electron chi connectivity index (χ3n) is 5.83. The van der Waals surface area contributed by atoms with Crippen LogP contribution < -0.4 is 10.3 Å². The Hall–Kier alpha value is -1.53. The summed E-state index contributed by atoms with van der Waals surface area (Å²) in [7, 11) is 2.02. The van der Waals surface area contributed by atoms with E-state index in [2.05, 4.69) is 8.97 Å². The molecule has 0 saturated carbocycles. The van der Waals surface area contributed by atoms with E-state index in [0.717, 1.165) is 25.6 Å². The minimum absolute atomic E-state index is 0.0464. The molecule has 4 heterocycles. The van der Waals surface area contributed by atoms with E-state index in [-0.39, 0.29) is 23.6 Å². The largest absolute Gasteiger partial charge is 0.477 e. The van der Waals surface area contributed by atoms with Gasteiger partial charge in [-0.25, -0.2) is 9.36 Å². The smallest absolute Gasteiger partial charge is 0.352 e. The number of carboxylic acids is 1. The van der Waals surface area contributed by atoms with Crippen LogP contribution in [-0.2, 0) is 16.6 Å². The second kappa shape index (κ2) is 7.86. The highest BCUT2D eigenvalue weighted by molar-refractivity contribution is 7.99. The Bertz CT molecular complexity index is 1070. The van der Waals surface area contributed by atoms with Crippen molar-refractivity contribution in [3.63, 3.8) is 0 Å². The van der Waals surface area contributed by atoms with Crippen LogP contribution in [0.4, 0.5) is 0 Å². The van der Waals surface area contributed by atoms with E-state index in [0.29, 0.717) is 12.1 Å². The highest BCUT2D eigenvalue weighted by Gasteiger charge is 2.60. The average Bonchev–Trinajstić information content (AvgIpc) is 3.27. The fourth-order valence-corrected chi connectivity index (χ4v) is 7.76. The minimum atomic E-state index is -1.11. The van der Waals surface area contributed by atoms with Crippen LogP contribution in [0.5, 0.6) is 0 Å². The average molecular weight is 470 g/mol. The molecule has 0 radical (unpaired) electrons. The molecule has 2 aliphatic heterocycles. The van der Waals surface area contributed by atoms with E-state index >= 15 is 0 Å². The zero-order valence-corrected chi connectivity index (χ0v) is 19.6. The number of aliphatic carboxylic acids is 1. The molecule has 0 unspecified atom stereocenters. The Morgan fingerprint density at radius 3 is 2.73 bits per heavy atom. The van der Waals surface area contributed by atoms with Crippen molar-refractivity contribution in [3.8, 4) is 0 Å². The maximum Gasteiger partial charge on any atom is 0.352 e. The van der Waals surface area contributed by atoms with Crippen LogP contribution in [0.25, 0.3) is 10.4 Å². The van der Waals surface area contributed by atoms with Gasteiger partial charge in [-0.3, -0.25) is 4.79 Å². The van der Waals surface area contributed by atoms with Crippen LogP contribution in [0.2, 0.25) is 0 Å². The van der Waals surface area contributed by atoms with Crippen molar-refractivity contribution in [1.82, 2.24) is 9.30 Å². The Labute approximate surface area is 186 Å². The molecule has 1 amide bonds. The van der Waals surface area contributed by atoms with Crippen molar-refractivity contribution in [1.29, 1.82) is 0 Å². The van der Waals surface area contributed by atoms with Gasteiger partial charge in [-0.15, -0.1) is 0 Å². The first-order chi connectivity index (χ1) is 14.2. The first kappa shape index (κ1) is 21.7. The lowest BCUT2D eigenvalue weighted by Gasteiger charge is -2.46. The van der Waals surface area contributed by atoms with Crippen LogP contribution in [-0.4, -0.2) is 62.1 Å². The van der Waals surface area contributed by atoms with Crippen LogP contribution in [0.1, 0.15) is 18.7 Å². The monoisotopic (exact) mass is 469 g/mol. The topological polar surface area (TPSA) is 112 Å². The predicted octanol–water partition coefficient (Wildman–Crippen LogP) is 1.25. The van der Waals surface area contributed by atoms with Gasteiger partial charge in [0, 0.05) is 23.8 Å². The summed E-state index contributed by atoms with van der Waals surface area (Å²) >= 11 is 4.83. The van der Waals surface area contributed by atoms with Crippen molar-refractivity contribution in [2.45, 2.75) is 36.2 Å². The van der Waals surface area contributed by atoms with Crippen LogP contribution in [0.3, 0.4) is 0 Å². The van der Waals surface area contributed by atoms with E-state index in [1.807, 2.05) is 26.4 Å². The Kier molecular flexibility index (Phi) is 5.69. The van der Waals surface area contributed by atoms with Gasteiger partial charge in [0.15, 0.2) is 0 Å². The summed E-state index contributed by atoms with van der Waals surface area (Å²) in [6, 6.07) is -0.317. The molecule has 2 aromatic rings. The van der Waals surface area contributed by atoms with E-state index in [1.165, 1.54) is 16.2 Å². The summed E-state index contributed by atoms with van der Waals surface area (Å²) in [5.74, 6) is -1.37. The molecule has 4 rings (SSSR count). The van der Waals surface area contributed by atoms with Crippen molar-refractivity contribution < 1.29 is 24.4 Å². The quantitative estimate of drug-likeness (QED) is 0.318. The summed E-state index contributed by atoms with van der Waals surface area (Å²) in [6.45, 7) is 4.10. The maximum absolute atomic E-state index is 12.6. The number of imidazole rings is 1. The molecule has 0 aliphatic carbocycles. The first-order valence-corrected chi connectivity index (χ1v) is 12.7. The molecule has 8 nitrogen and oxygen atoms in total. The third kappa shape index (κ3) is 2.94. The number of nitrogens with zero attached hydrogens (tertiary/aromatic N) is 3. The predicted molar refractivity (Wildman–Crippen MR) is 118 cm³/mol. The molecule has 2 aromatic heterocycles. The number of fused-ring (bicyclic) bond motifs is 2. The number of carbonyl (C=O) groups excluding carboxylic acids is 1. The fraction of sp³-hybridized carbons (Fsp3) is 0.526. The number of hydrogen-bond donors (Lipinski definition) is 3. The van der Waals surface area contributed by atoms with Gasteiger partial charge < -0.3 is 20.8 Å². The normalized spacial score (nSPS) is 24.5. The molecule has 0 aromatic carbocycles. The van der Waals surface area contributed by atoms with E-state index < -0.39 is 18.0 Å². The van der Waals surface area contributed by atoms with Gasteiger partial charge in [-0.05, 0) is 24.9 Å². The highest BCUT2D eigenvalue weighted by atomic mass is 32.2. The lowest BCUT2D eigenvalue weighted by atomic mass is 9.77. The summed E-state index contributed by atoms with van der Waals surface area (Å²) < 4.78 is 4.22. The summed E-state index contributed by atoms with van der Waals surface area (Å²) in [6.07, 6.45) is 3.17. The number of thiazole rings is 1. The van der Waals surface area contributed by atoms with Gasteiger partial charge >= 0.3 is 11.1 Å². The van der Waals surface area contributed by atoms with Gasteiger partial charge in [0.05, 0.1) is 30.0 Å². The number of nitrogens with two attached hydrogens (primary N) is 1. The zero-order chi connectivity index (χ0) is 21.9. The number of aromatic nitrogens is 2. The number of amides is 1. The molecule has 11 heteroatoms. The van der Waals surface area contributed by atoms with Gasteiger partial charge in [-0.2, -0.15) is 4.40 Å². The van der Waals surface area contributed by atoms with E-state index in [1.54, 1.807) is 30.4 Å². The molecular weight excluding hydrogens is 444 g/mol. The number of β-lactam (4-membered cyclic amide) rings is 1. The van der Waals surface area contributed by atoms with E-state index in [4.69, 9.17) is 5.73 Å². The molecular formula is C19H25N4O4S3+. The second-order valence-electron chi connectivity index (χ2n) is 7.58. The molecule has 1 fully saturated rings. The van der Waals surface area contributed by atoms with Crippen molar-refractivity contribution in [2.75, 3.05) is 18.6 Å². The van der Waals surface area contributed by atoms with E-state index in [9.17, 15) is 19.8 Å². The number of carbonyl (C=O) groups is 2. The lowest BCUT2D eigenvalue weighted by Crippen LogP contribution is -2.63. The highest BCUT2D eigenvalue weighted by Crippen LogP contribution is 2.51. The van der Waals surface area contributed by atoms with Crippen LogP contribution in [0, 0.1) is 11.8 Å². The number of carboxylic acid groups (broad SMARTS) is 1. The Balaban J connectivity index is 1.86. The SMILES string of the molecule is CSc1n2cc(C3=C(C(=O)O)N4C(=O)[C@H]([C@@H](C)O)[C@@H]4[C@H]3C)sc2c(SCCN)[n+]1C. The summed E-state index contributed by atoms with van der Waals surface area (Å²) in [4.78, 5) is 28.0. The number of aliphatic hydroxyl groups is 1. The zero-order valence-electron chi connectivity index (χ0n) is 17.2. The lowest BCUT2D eigenvalue weighted by molar-refractivity contribution is -0.742. The van der Waals surface area contributed by atoms with Crippen molar-refractivity contribution >= 4 is 57.1 Å². The van der Waals surface area contributed by atoms with Gasteiger partial charge in [0.1, 0.15) is 11.9 Å². The molecule has 0 bridgehead atoms. The van der Waals surface area contributed by atoms with Crippen molar-refractivity contribution in [2.24, 2.45) is 24.6 Å². The summed E-state index contributed by atoms with van der Waals surface area (Å²) in [5.41, 5.74) is 6.42. The number of hydrogen-bond acceptors (Lipinski definition) is 7. The number of aliphatic hydroxyl groups excluding tert-OH is 1. The van der Waals surface area contributed by atoms with Gasteiger partial charge in [0.2, 0.25) is 15.8 Å². The number of thioether (sulfide) groups is 2. The van der Waals surface area contributed by atoms with Gasteiger partial charge in [-0.1, -0.05) is 30.0 Å². The first-order valence-electron chi connectivity index (χ1n) is 9.64. The fourth-order valence-electron chi connectivity index (χ4n) is 4.60. The van der Waals surface area contributed by atoms with Crippen molar-refractivity contribution in [3.05, 3.63) is 16.8 Å². The molecule has 4 N–H and O–H groups in total. The Morgan fingerprint density at radius 2 is 2.17 bits per heavy atom. The molecule has 1 saturated heterocycles. The minimum Gasteiger partial charge on any atom is -0.477 e. The molecule has 0 spiro atoms. The third-order valence-corrected chi connectivity index (χ3v) is 9.11. The van der Waals surface area contributed by atoms with Crippen LogP contribution in [0.15, 0.2) is 22.1 Å². The summed E-state index contributed by atoms with van der Waals surface area (Å²) in [5, 5.41) is 22.1. The molecule has 30 heavy (non-hydrogen) atoms. The maximum atomic E-state index is 12.6. The molecule has 2 aliphatic rings. The second-order valence-corrected chi connectivity index (χ2v) is 10.5. The molecule has 4 atom stereocenters.